The molecular weight excluding hydrogens is 614 g/mol. The van der Waals surface area contributed by atoms with Gasteiger partial charge in [0.2, 0.25) is 0 Å². The van der Waals surface area contributed by atoms with Crippen LogP contribution in [-0.2, 0) is 32.2 Å². The van der Waals surface area contributed by atoms with Crippen LogP contribution in [0, 0.1) is 6.92 Å². The van der Waals surface area contributed by atoms with Crippen molar-refractivity contribution in [2.45, 2.75) is 105 Å². The number of halogens is 2. The summed E-state index contributed by atoms with van der Waals surface area (Å²) in [6.07, 6.45) is -0.772. The summed E-state index contributed by atoms with van der Waals surface area (Å²) in [5, 5.41) is 11.2. The van der Waals surface area contributed by atoms with Gasteiger partial charge in [-0.15, -0.1) is 0 Å². The van der Waals surface area contributed by atoms with Crippen LogP contribution < -0.4 is 4.74 Å². The van der Waals surface area contributed by atoms with Crippen LogP contribution in [0.1, 0.15) is 79.0 Å². The molecule has 0 saturated carbocycles. The second-order valence-corrected chi connectivity index (χ2v) is 14.0. The number of esters is 1. The minimum absolute atomic E-state index is 0.154. The molecule has 0 aliphatic heterocycles. The number of hydrogen-bond donors (Lipinski definition) is 1. The van der Waals surface area contributed by atoms with Crippen LogP contribution in [0.3, 0.4) is 0 Å². The standard InChI is InChI=1S/C31H43BrClNO7/c1-19-12-11-13-20(26(19)32)17-38-25-15-24(35)21(14-22(25)33)16-34(28(37)41-31(8,9)10)23(18-39-29(2,3)4)27(36)40-30(5,6)7/h11-15,23,35H,16-18H2,1-10H3. The molecule has 10 heteroatoms. The van der Waals surface area contributed by atoms with Crippen molar-refractivity contribution in [2.75, 3.05) is 6.61 Å². The lowest BCUT2D eigenvalue weighted by Gasteiger charge is -2.35. The van der Waals surface area contributed by atoms with Gasteiger partial charge >= 0.3 is 12.1 Å². The zero-order valence-corrected chi connectivity index (χ0v) is 28.0. The maximum absolute atomic E-state index is 13.5. The summed E-state index contributed by atoms with van der Waals surface area (Å²) in [5.41, 5.74) is 0.00563. The maximum Gasteiger partial charge on any atom is 0.411 e. The van der Waals surface area contributed by atoms with E-state index < -0.39 is 34.9 Å². The highest BCUT2D eigenvalue weighted by Crippen LogP contribution is 2.35. The molecule has 41 heavy (non-hydrogen) atoms. The number of amides is 1. The topological polar surface area (TPSA) is 94.5 Å². The lowest BCUT2D eigenvalue weighted by atomic mass is 10.1. The molecular formula is C31H43BrClNO7. The highest BCUT2D eigenvalue weighted by atomic mass is 79.9. The number of aryl methyl sites for hydroxylation is 1. The lowest BCUT2D eigenvalue weighted by Crippen LogP contribution is -2.51. The zero-order chi connectivity index (χ0) is 31.3. The second kappa shape index (κ2) is 13.7. The molecule has 0 aliphatic rings. The molecule has 1 amide bonds. The number of phenolic OH excluding ortho intramolecular Hbond substituents is 1. The van der Waals surface area contributed by atoms with Gasteiger partial charge in [-0.3, -0.25) is 4.90 Å². The first-order valence-electron chi connectivity index (χ1n) is 13.4. The summed E-state index contributed by atoms with van der Waals surface area (Å²) in [5.74, 6) is -0.562. The number of phenols is 1. The molecule has 2 rings (SSSR count). The van der Waals surface area contributed by atoms with E-state index in [4.69, 9.17) is 30.5 Å². The molecule has 0 bridgehead atoms. The van der Waals surface area contributed by atoms with Crippen LogP contribution >= 0.6 is 27.5 Å². The SMILES string of the molecule is Cc1cccc(COc2cc(O)c(CN(C(=O)OC(C)(C)C)C(COC(C)(C)C)C(=O)OC(C)(C)C)cc2Cl)c1Br. The number of carbonyl (C=O) groups excluding carboxylic acids is 2. The van der Waals surface area contributed by atoms with E-state index in [9.17, 15) is 14.7 Å². The normalized spacial score (nSPS) is 13.0. The molecule has 0 fully saturated rings. The molecule has 0 aromatic heterocycles. The molecule has 1 atom stereocenters. The van der Waals surface area contributed by atoms with Crippen molar-refractivity contribution in [2.24, 2.45) is 0 Å². The molecule has 0 heterocycles. The fraction of sp³-hybridized carbons (Fsp3) is 0.548. The number of carbonyl (C=O) groups is 2. The molecule has 0 saturated heterocycles. The number of ether oxygens (including phenoxy) is 4. The van der Waals surface area contributed by atoms with E-state index in [-0.39, 0.29) is 41.8 Å². The Labute approximate surface area is 257 Å². The van der Waals surface area contributed by atoms with Crippen molar-refractivity contribution in [3.05, 3.63) is 56.5 Å². The van der Waals surface area contributed by atoms with Gasteiger partial charge in [0, 0.05) is 21.7 Å². The summed E-state index contributed by atoms with van der Waals surface area (Å²) in [6.45, 7) is 17.8. The Balaban J connectivity index is 2.44. The monoisotopic (exact) mass is 655 g/mol. The quantitative estimate of drug-likeness (QED) is 0.274. The smallest absolute Gasteiger partial charge is 0.411 e. The molecule has 8 nitrogen and oxygen atoms in total. The van der Waals surface area contributed by atoms with Gasteiger partial charge in [-0.25, -0.2) is 9.59 Å². The van der Waals surface area contributed by atoms with E-state index in [1.165, 1.54) is 17.0 Å². The minimum Gasteiger partial charge on any atom is -0.507 e. The Kier molecular flexibility index (Phi) is 11.6. The van der Waals surface area contributed by atoms with Crippen LogP contribution in [0.25, 0.3) is 0 Å². The Morgan fingerprint density at radius 3 is 2.12 bits per heavy atom. The summed E-state index contributed by atoms with van der Waals surface area (Å²) < 4.78 is 24.1. The van der Waals surface area contributed by atoms with Gasteiger partial charge in [-0.05, 0) is 80.9 Å². The number of benzene rings is 2. The van der Waals surface area contributed by atoms with Crippen molar-refractivity contribution in [3.8, 4) is 11.5 Å². The Bertz CT molecular complexity index is 1230. The summed E-state index contributed by atoms with van der Waals surface area (Å²) in [7, 11) is 0. The van der Waals surface area contributed by atoms with Crippen molar-refractivity contribution in [3.63, 3.8) is 0 Å². The van der Waals surface area contributed by atoms with Gasteiger partial charge in [0.15, 0.2) is 6.04 Å². The van der Waals surface area contributed by atoms with Crippen molar-refractivity contribution in [1.82, 2.24) is 4.90 Å². The molecule has 2 aromatic carbocycles. The Hall–Kier alpha value is -2.49. The number of aromatic hydroxyl groups is 1. The molecule has 2 aromatic rings. The van der Waals surface area contributed by atoms with E-state index in [0.717, 1.165) is 15.6 Å². The summed E-state index contributed by atoms with van der Waals surface area (Å²) in [4.78, 5) is 28.1. The first-order valence-corrected chi connectivity index (χ1v) is 14.6. The fourth-order valence-electron chi connectivity index (χ4n) is 3.59. The average molecular weight is 657 g/mol. The van der Waals surface area contributed by atoms with Gasteiger partial charge in [-0.1, -0.05) is 45.7 Å². The summed E-state index contributed by atoms with van der Waals surface area (Å²) >= 11 is 10.1. The zero-order valence-electron chi connectivity index (χ0n) is 25.7. The number of hydrogen-bond acceptors (Lipinski definition) is 7. The van der Waals surface area contributed by atoms with Crippen LogP contribution in [-0.4, -0.2) is 51.5 Å². The largest absolute Gasteiger partial charge is 0.507 e. The molecule has 0 radical (unpaired) electrons. The molecule has 0 aliphatic carbocycles. The van der Waals surface area contributed by atoms with Gasteiger partial charge < -0.3 is 24.1 Å². The molecule has 0 spiro atoms. The molecule has 1 N–H and O–H groups in total. The van der Waals surface area contributed by atoms with E-state index in [0.29, 0.717) is 0 Å². The predicted molar refractivity (Wildman–Crippen MR) is 163 cm³/mol. The molecule has 228 valence electrons. The van der Waals surface area contributed by atoms with E-state index in [1.807, 2.05) is 45.9 Å². The third-order valence-electron chi connectivity index (χ3n) is 5.49. The van der Waals surface area contributed by atoms with Crippen LogP contribution in [0.4, 0.5) is 4.79 Å². The first-order chi connectivity index (χ1) is 18.7. The van der Waals surface area contributed by atoms with Crippen molar-refractivity contribution < 1.29 is 33.6 Å². The van der Waals surface area contributed by atoms with E-state index in [2.05, 4.69) is 15.9 Å². The predicted octanol–water partition coefficient (Wildman–Crippen LogP) is 7.96. The lowest BCUT2D eigenvalue weighted by molar-refractivity contribution is -0.166. The van der Waals surface area contributed by atoms with Crippen molar-refractivity contribution in [1.29, 1.82) is 0 Å². The second-order valence-electron chi connectivity index (χ2n) is 12.8. The van der Waals surface area contributed by atoms with E-state index in [1.54, 1.807) is 41.5 Å². The minimum atomic E-state index is -1.17. The van der Waals surface area contributed by atoms with Crippen molar-refractivity contribution >= 4 is 39.6 Å². The van der Waals surface area contributed by atoms with Crippen LogP contribution in [0.2, 0.25) is 5.02 Å². The van der Waals surface area contributed by atoms with Crippen LogP contribution in [0.5, 0.6) is 11.5 Å². The third-order valence-corrected chi connectivity index (χ3v) is 6.92. The Morgan fingerprint density at radius 2 is 1.56 bits per heavy atom. The van der Waals surface area contributed by atoms with Gasteiger partial charge in [0.25, 0.3) is 0 Å². The average Bonchev–Trinajstić information content (AvgIpc) is 2.78. The highest BCUT2D eigenvalue weighted by molar-refractivity contribution is 9.10. The van der Waals surface area contributed by atoms with Gasteiger partial charge in [0.05, 0.1) is 23.8 Å². The van der Waals surface area contributed by atoms with Crippen LogP contribution in [0.15, 0.2) is 34.8 Å². The fourth-order valence-corrected chi connectivity index (χ4v) is 4.21. The van der Waals surface area contributed by atoms with Gasteiger partial charge in [-0.2, -0.15) is 0 Å². The van der Waals surface area contributed by atoms with Gasteiger partial charge in [0.1, 0.15) is 29.3 Å². The highest BCUT2D eigenvalue weighted by Gasteiger charge is 2.37. The van der Waals surface area contributed by atoms with E-state index >= 15 is 0 Å². The maximum atomic E-state index is 13.5. The third kappa shape index (κ3) is 11.4. The first kappa shape index (κ1) is 34.7. The number of nitrogens with zero attached hydrogens (tertiary/aromatic N) is 1. The molecule has 1 unspecified atom stereocenters. The number of rotatable bonds is 9. The Morgan fingerprint density at radius 1 is 0.951 bits per heavy atom. The summed E-state index contributed by atoms with van der Waals surface area (Å²) in [6, 6.07) is 7.56.